The number of hydrogen-bond donors (Lipinski definition) is 5. The lowest BCUT2D eigenvalue weighted by Gasteiger charge is -2.36. The van der Waals surface area contributed by atoms with E-state index in [1.165, 1.54) is 0 Å². The molecule has 7 N–H and O–H groups in total. The highest BCUT2D eigenvalue weighted by atomic mass is 16.7. The van der Waals surface area contributed by atoms with Gasteiger partial charge in [0.1, 0.15) is 0 Å². The lowest BCUT2D eigenvalue weighted by Crippen LogP contribution is -2.51. The Morgan fingerprint density at radius 1 is 0.929 bits per heavy atom. The van der Waals surface area contributed by atoms with Gasteiger partial charge in [-0.15, -0.1) is 0 Å². The fourth-order valence-corrected chi connectivity index (χ4v) is 3.47. The molecule has 2 heterocycles. The van der Waals surface area contributed by atoms with Crippen LogP contribution in [-0.4, -0.2) is 88.5 Å². The Labute approximate surface area is 169 Å². The first-order valence-electron chi connectivity index (χ1n) is 10.3. The first-order chi connectivity index (χ1) is 13.4. The van der Waals surface area contributed by atoms with Crippen LogP contribution in [0.1, 0.15) is 39.5 Å². The van der Waals surface area contributed by atoms with Crippen molar-refractivity contribution in [2.45, 2.75) is 88.5 Å². The van der Waals surface area contributed by atoms with Gasteiger partial charge in [0.25, 0.3) is 0 Å². The van der Waals surface area contributed by atoms with Gasteiger partial charge in [-0.3, -0.25) is 0 Å². The molecule has 0 aromatic rings. The summed E-state index contributed by atoms with van der Waals surface area (Å²) < 4.78 is 21.7. The molecule has 0 saturated carbocycles. The molecule has 0 amide bonds. The number of rotatable bonds is 8. The summed E-state index contributed by atoms with van der Waals surface area (Å²) in [4.78, 5) is 0. The first-order valence-corrected chi connectivity index (χ1v) is 10.3. The van der Waals surface area contributed by atoms with E-state index in [1.807, 2.05) is 14.0 Å². The predicted molar refractivity (Wildman–Crippen MR) is 109 cm³/mol. The molecule has 2 fully saturated rings. The molecule has 8 atom stereocenters. The molecule has 9 heteroatoms. The van der Waals surface area contributed by atoms with E-state index in [0.29, 0.717) is 12.6 Å². The number of nitrogens with two attached hydrogens (primary N) is 2. The van der Waals surface area contributed by atoms with Crippen molar-refractivity contribution in [3.05, 3.63) is 0 Å². The number of aliphatic hydroxyl groups excluding tert-OH is 1. The third-order valence-electron chi connectivity index (χ3n) is 5.50. The van der Waals surface area contributed by atoms with Crippen molar-refractivity contribution in [1.29, 1.82) is 0 Å². The molecule has 2 aliphatic heterocycles. The van der Waals surface area contributed by atoms with E-state index in [4.69, 9.17) is 35.5 Å². The van der Waals surface area contributed by atoms with Crippen LogP contribution in [0.3, 0.4) is 0 Å². The average Bonchev–Trinajstić information content (AvgIpc) is 2.72. The molecule has 168 valence electrons. The molecule has 0 spiro atoms. The minimum atomic E-state index is -0.304. The summed E-state index contributed by atoms with van der Waals surface area (Å²) in [5.74, 6) is 0. The Kier molecular flexibility index (Phi) is 12.6. The zero-order chi connectivity index (χ0) is 21.1. The van der Waals surface area contributed by atoms with Crippen molar-refractivity contribution < 1.29 is 24.1 Å². The Bertz CT molecular complexity index is 407. The largest absolute Gasteiger partial charge is 0.395 e. The van der Waals surface area contributed by atoms with Gasteiger partial charge in [-0.25, -0.2) is 0 Å². The summed E-state index contributed by atoms with van der Waals surface area (Å²) >= 11 is 0. The van der Waals surface area contributed by atoms with E-state index in [2.05, 4.69) is 17.6 Å². The van der Waals surface area contributed by atoms with Crippen LogP contribution in [0.5, 0.6) is 0 Å². The second-order valence-electron chi connectivity index (χ2n) is 7.58. The quantitative estimate of drug-likeness (QED) is 0.362. The lowest BCUT2D eigenvalue weighted by molar-refractivity contribution is -0.194. The lowest BCUT2D eigenvalue weighted by atomic mass is 10.00. The number of hydrogen-bond acceptors (Lipinski definition) is 9. The van der Waals surface area contributed by atoms with E-state index in [-0.39, 0.29) is 49.5 Å². The van der Waals surface area contributed by atoms with E-state index in [0.717, 1.165) is 25.7 Å². The topological polar surface area (TPSA) is 133 Å². The number of ether oxygens (including phenoxy) is 4. The smallest absolute Gasteiger partial charge is 0.172 e. The third-order valence-corrected chi connectivity index (χ3v) is 5.50. The summed E-state index contributed by atoms with van der Waals surface area (Å²) in [6.45, 7) is 4.88. The highest BCUT2D eigenvalue weighted by Crippen LogP contribution is 2.21. The Balaban J connectivity index is 0.000000283. The molecule has 9 nitrogen and oxygen atoms in total. The van der Waals surface area contributed by atoms with E-state index in [9.17, 15) is 0 Å². The van der Waals surface area contributed by atoms with Crippen LogP contribution in [0, 0.1) is 0 Å². The summed E-state index contributed by atoms with van der Waals surface area (Å²) in [5.41, 5.74) is 11.7. The van der Waals surface area contributed by atoms with Gasteiger partial charge in [-0.1, -0.05) is 0 Å². The molecule has 0 aromatic carbocycles. The number of methoxy groups -OCH3 is 2. The molecule has 0 aliphatic carbocycles. The van der Waals surface area contributed by atoms with Crippen molar-refractivity contribution in [2.75, 3.05) is 34.4 Å². The van der Waals surface area contributed by atoms with Crippen molar-refractivity contribution >= 4 is 0 Å². The third kappa shape index (κ3) is 8.17. The van der Waals surface area contributed by atoms with Crippen LogP contribution in [0.4, 0.5) is 0 Å². The monoisotopic (exact) mass is 406 g/mol. The van der Waals surface area contributed by atoms with Crippen molar-refractivity contribution in [1.82, 2.24) is 10.6 Å². The minimum absolute atomic E-state index is 0.0188. The summed E-state index contributed by atoms with van der Waals surface area (Å²) in [7, 11) is 5.18. The highest BCUT2D eigenvalue weighted by Gasteiger charge is 2.32. The SMILES string of the molecule is CNC(C)C1CC[C@@H](N)[C@@H](OC)O1.CO[C@H]1OC(C(C)NCCO)CC[C@H]1N. The highest BCUT2D eigenvalue weighted by molar-refractivity contribution is 4.82. The fourth-order valence-electron chi connectivity index (χ4n) is 3.47. The van der Waals surface area contributed by atoms with Crippen LogP contribution in [0.25, 0.3) is 0 Å². The standard InChI is InChI=1S/C10H22N2O3.C9H20N2O2/c1-7(12-5-6-13)9-4-3-8(11)10(14-2)15-9;1-6(11-2)8-5-4-7(10)9(12-3)13-8/h7-10,12-13H,3-6,11H2,1-2H3;6-9,11H,4-5,10H2,1-3H3/t7?,8-,9?,10+;6?,7-,8?,9+/m11/s1. The molecule has 0 aromatic heterocycles. The zero-order valence-electron chi connectivity index (χ0n) is 18.1. The average molecular weight is 407 g/mol. The first kappa shape index (κ1) is 25.7. The molecule has 0 radical (unpaired) electrons. The van der Waals surface area contributed by atoms with Gasteiger partial charge in [0.2, 0.25) is 0 Å². The van der Waals surface area contributed by atoms with Crippen molar-refractivity contribution in [2.24, 2.45) is 11.5 Å². The van der Waals surface area contributed by atoms with Crippen LogP contribution < -0.4 is 22.1 Å². The number of likely N-dealkylation sites (N-methyl/N-ethyl adjacent to an activating group) is 1. The van der Waals surface area contributed by atoms with Crippen molar-refractivity contribution in [3.63, 3.8) is 0 Å². The van der Waals surface area contributed by atoms with Gasteiger partial charge in [0, 0.05) is 32.8 Å². The zero-order valence-corrected chi connectivity index (χ0v) is 18.1. The number of nitrogens with one attached hydrogen (secondary N) is 2. The Morgan fingerprint density at radius 2 is 1.39 bits per heavy atom. The minimum Gasteiger partial charge on any atom is -0.395 e. The maximum atomic E-state index is 8.71. The van der Waals surface area contributed by atoms with Gasteiger partial charge < -0.3 is 46.2 Å². The van der Waals surface area contributed by atoms with Crippen LogP contribution in [-0.2, 0) is 18.9 Å². The van der Waals surface area contributed by atoms with Gasteiger partial charge in [-0.05, 0) is 46.6 Å². The van der Waals surface area contributed by atoms with Crippen LogP contribution in [0.2, 0.25) is 0 Å². The summed E-state index contributed by atoms with van der Waals surface area (Å²) in [6, 6.07) is 0.550. The van der Waals surface area contributed by atoms with E-state index < -0.39 is 0 Å². The molecular formula is C19H42N4O5. The van der Waals surface area contributed by atoms with Gasteiger partial charge in [0.05, 0.1) is 30.9 Å². The van der Waals surface area contributed by atoms with Gasteiger partial charge in [-0.2, -0.15) is 0 Å². The van der Waals surface area contributed by atoms with Crippen LogP contribution >= 0.6 is 0 Å². The van der Waals surface area contributed by atoms with E-state index in [1.54, 1.807) is 14.2 Å². The molecule has 2 saturated heterocycles. The Hall–Kier alpha value is -0.360. The van der Waals surface area contributed by atoms with E-state index >= 15 is 0 Å². The maximum absolute atomic E-state index is 8.71. The molecule has 28 heavy (non-hydrogen) atoms. The summed E-state index contributed by atoms with van der Waals surface area (Å²) in [5, 5.41) is 15.1. The molecular weight excluding hydrogens is 364 g/mol. The maximum Gasteiger partial charge on any atom is 0.172 e. The second kappa shape index (κ2) is 13.8. The van der Waals surface area contributed by atoms with Gasteiger partial charge >= 0.3 is 0 Å². The predicted octanol–water partition coefficient (Wildman–Crippen LogP) is -0.491. The Morgan fingerprint density at radius 3 is 1.79 bits per heavy atom. The molecule has 0 bridgehead atoms. The second-order valence-corrected chi connectivity index (χ2v) is 7.58. The molecule has 4 unspecified atom stereocenters. The number of aliphatic hydroxyl groups is 1. The molecule has 2 rings (SSSR count). The summed E-state index contributed by atoms with van der Waals surface area (Å²) in [6.07, 6.45) is 3.60. The molecule has 2 aliphatic rings. The van der Waals surface area contributed by atoms with Gasteiger partial charge in [0.15, 0.2) is 12.6 Å². The van der Waals surface area contributed by atoms with Crippen LogP contribution in [0.15, 0.2) is 0 Å². The van der Waals surface area contributed by atoms with Crippen molar-refractivity contribution in [3.8, 4) is 0 Å². The fraction of sp³-hybridized carbons (Fsp3) is 1.00. The normalized spacial score (nSPS) is 35.6.